The molecule has 1 heterocycles. The van der Waals surface area contributed by atoms with E-state index in [0.717, 1.165) is 16.9 Å². The molecule has 0 radical (unpaired) electrons. The third-order valence-corrected chi connectivity index (χ3v) is 5.44. The number of nitrogen functional groups attached to an aromatic ring is 1. The Morgan fingerprint density at radius 1 is 1.26 bits per heavy atom. The molecule has 0 spiro atoms. The highest BCUT2D eigenvalue weighted by Gasteiger charge is 2.13. The van der Waals surface area contributed by atoms with Gasteiger partial charge in [0.25, 0.3) is 11.8 Å². The number of carbonyl (C=O) groups excluding carboxylic acids is 2. The Kier molecular flexibility index (Phi) is 11.8. The molecule has 0 aliphatic rings. The van der Waals surface area contributed by atoms with E-state index in [1.807, 2.05) is 12.1 Å². The molecule has 0 bridgehead atoms. The molecule has 7 N–H and O–H groups in total. The number of rotatable bonds is 11. The summed E-state index contributed by atoms with van der Waals surface area (Å²) in [5.41, 5.74) is 19.1. The number of aryl methyl sites for hydroxylation is 1. The van der Waals surface area contributed by atoms with Crippen LogP contribution >= 0.6 is 12.6 Å². The van der Waals surface area contributed by atoms with E-state index in [9.17, 15) is 14.0 Å². The van der Waals surface area contributed by atoms with Crippen LogP contribution in [0.25, 0.3) is 11.0 Å². The molecule has 0 fully saturated rings. The van der Waals surface area contributed by atoms with Gasteiger partial charge in [-0.1, -0.05) is 24.7 Å². The van der Waals surface area contributed by atoms with E-state index in [0.29, 0.717) is 34.6 Å². The zero-order valence-corrected chi connectivity index (χ0v) is 22.5. The molecule has 1 aromatic heterocycles. The van der Waals surface area contributed by atoms with E-state index in [1.165, 1.54) is 25.1 Å². The van der Waals surface area contributed by atoms with Crippen molar-refractivity contribution in [1.29, 1.82) is 0 Å². The number of primary amides is 1. The molecular weight excluding hydrogens is 527 g/mol. The minimum atomic E-state index is -1.07. The maximum absolute atomic E-state index is 12.6. The zero-order chi connectivity index (χ0) is 28.9. The number of hydrogen-bond acceptors (Lipinski definition) is 10. The van der Waals surface area contributed by atoms with Gasteiger partial charge in [-0.3, -0.25) is 14.6 Å². The molecule has 0 unspecified atom stereocenters. The van der Waals surface area contributed by atoms with Crippen molar-refractivity contribution in [3.05, 3.63) is 65.6 Å². The highest BCUT2D eigenvalue weighted by Crippen LogP contribution is 2.32. The molecule has 0 saturated heterocycles. The number of hydrogen-bond donors (Lipinski definition) is 5. The van der Waals surface area contributed by atoms with Crippen molar-refractivity contribution in [2.75, 3.05) is 26.0 Å². The van der Waals surface area contributed by atoms with Gasteiger partial charge in [-0.25, -0.2) is 4.39 Å². The predicted octanol–water partition coefficient (Wildman–Crippen LogP) is 2.83. The third kappa shape index (κ3) is 9.38. The number of ether oxygens (including phenoxy) is 2. The number of benzene rings is 2. The first-order valence-electron chi connectivity index (χ1n) is 11.6. The second-order valence-corrected chi connectivity index (χ2v) is 8.43. The van der Waals surface area contributed by atoms with Gasteiger partial charge in [-0.05, 0) is 41.8 Å². The Hall–Kier alpha value is -4.52. The number of thiol groups is 1. The number of carbonyl (C=O) groups is 2. The second-order valence-electron chi connectivity index (χ2n) is 7.95. The highest BCUT2D eigenvalue weighted by molar-refractivity contribution is 7.80. The van der Waals surface area contributed by atoms with Gasteiger partial charge in [0.1, 0.15) is 16.9 Å². The van der Waals surface area contributed by atoms with Gasteiger partial charge in [-0.2, -0.15) is 0 Å². The fourth-order valence-corrected chi connectivity index (χ4v) is 3.42. The van der Waals surface area contributed by atoms with Crippen LogP contribution in [0.4, 0.5) is 10.2 Å². The third-order valence-electron chi connectivity index (χ3n) is 5.09. The highest BCUT2D eigenvalue weighted by atomic mass is 32.1. The van der Waals surface area contributed by atoms with Crippen molar-refractivity contribution in [2.24, 2.45) is 16.5 Å². The first kappa shape index (κ1) is 30.7. The summed E-state index contributed by atoms with van der Waals surface area (Å²) in [6.45, 7) is 5.19. The number of nitrogens with one attached hydrogen (secondary N) is 1. The number of halogens is 1. The summed E-state index contributed by atoms with van der Waals surface area (Å²) < 4.78 is 28.2. The lowest BCUT2D eigenvalue weighted by molar-refractivity contribution is -0.120. The monoisotopic (exact) mass is 558 g/mol. The fourth-order valence-electron chi connectivity index (χ4n) is 3.11. The smallest absolute Gasteiger partial charge is 0.279 e. The van der Waals surface area contributed by atoms with Crippen LogP contribution in [0.3, 0.4) is 0 Å². The van der Waals surface area contributed by atoms with Crippen LogP contribution in [-0.2, 0) is 22.6 Å². The molecule has 0 aliphatic carbocycles. The number of fused-ring (bicyclic) bond motifs is 1. The summed E-state index contributed by atoms with van der Waals surface area (Å²) in [6, 6.07) is 9.17. The van der Waals surface area contributed by atoms with Gasteiger partial charge < -0.3 is 36.5 Å². The molecule has 39 heavy (non-hydrogen) atoms. The zero-order valence-electron chi connectivity index (χ0n) is 21.6. The van der Waals surface area contributed by atoms with E-state index < -0.39 is 17.6 Å². The van der Waals surface area contributed by atoms with E-state index in [-0.39, 0.29) is 19.0 Å². The number of nitrogens with zero attached hydrogens (tertiary/aromatic N) is 2. The maximum atomic E-state index is 12.6. The number of aliphatic imine (C=N–C) groups is 1. The molecule has 0 saturated carbocycles. The maximum Gasteiger partial charge on any atom is 0.279 e. The molecule has 208 valence electrons. The Balaban J connectivity index is 0.000000322. The largest absolute Gasteiger partial charge is 0.496 e. The predicted molar refractivity (Wildman–Crippen MR) is 150 cm³/mol. The lowest BCUT2D eigenvalue weighted by atomic mass is 10.1. The second kappa shape index (κ2) is 15.0. The topological polar surface area (TPSA) is 181 Å². The molecule has 11 nitrogen and oxygen atoms in total. The number of amides is 2. The van der Waals surface area contributed by atoms with Crippen LogP contribution in [0.2, 0.25) is 0 Å². The Bertz CT molecular complexity index is 1390. The molecular formula is C26H31FN6O5S. The van der Waals surface area contributed by atoms with Gasteiger partial charge in [0.15, 0.2) is 23.8 Å². The van der Waals surface area contributed by atoms with Gasteiger partial charge >= 0.3 is 0 Å². The summed E-state index contributed by atoms with van der Waals surface area (Å²) in [6.07, 6.45) is 3.70. The van der Waals surface area contributed by atoms with Gasteiger partial charge in [0, 0.05) is 29.4 Å². The molecule has 2 aromatic carbocycles. The van der Waals surface area contributed by atoms with Gasteiger partial charge in [0.2, 0.25) is 0 Å². The first-order chi connectivity index (χ1) is 18.6. The lowest BCUT2D eigenvalue weighted by Crippen LogP contribution is -2.26. The standard InChI is InChI=1S/C16H18FN5O3.C10H13NO2S/c1-9(17)16(23)21-8-11(5-18)7-20-6-10-3-12(24-2)14-13(4-10)25-22-15(14)19;1-2-7-3-4-8(9(14)5-7)13-6-10(11)12/h3-5,7H,1,6,8,18H2,2H3,(H2,19,22)(H,21,23);3-5,14H,2,6H2,1H3,(H2,11,12)/b11-5+,20-7?;. The number of aromatic nitrogens is 1. The van der Waals surface area contributed by atoms with Crippen molar-refractivity contribution in [3.63, 3.8) is 0 Å². The molecule has 13 heteroatoms. The van der Waals surface area contributed by atoms with Crippen molar-refractivity contribution in [1.82, 2.24) is 10.5 Å². The van der Waals surface area contributed by atoms with E-state index in [1.54, 1.807) is 18.2 Å². The summed E-state index contributed by atoms with van der Waals surface area (Å²) in [5, 5.41) is 6.62. The van der Waals surface area contributed by atoms with Crippen LogP contribution in [-0.4, -0.2) is 43.4 Å². The summed E-state index contributed by atoms with van der Waals surface area (Å²) in [7, 11) is 1.52. The quantitative estimate of drug-likeness (QED) is 0.135. The van der Waals surface area contributed by atoms with E-state index in [2.05, 4.69) is 41.6 Å². The van der Waals surface area contributed by atoms with Crippen molar-refractivity contribution in [3.8, 4) is 11.5 Å². The van der Waals surface area contributed by atoms with Crippen LogP contribution in [0, 0.1) is 0 Å². The SMILES string of the molecule is C=C(F)C(=O)NC/C(C=NCc1cc(OC)c2c(N)noc2c1)=C/N.CCc1ccc(OCC(N)=O)c(S)c1. The molecule has 2 amide bonds. The summed E-state index contributed by atoms with van der Waals surface area (Å²) >= 11 is 4.25. The average Bonchev–Trinajstić information content (AvgIpc) is 3.29. The van der Waals surface area contributed by atoms with Crippen LogP contribution in [0.15, 0.2) is 68.9 Å². The van der Waals surface area contributed by atoms with Crippen LogP contribution < -0.4 is 32.0 Å². The average molecular weight is 559 g/mol. The Labute approximate surface area is 230 Å². The summed E-state index contributed by atoms with van der Waals surface area (Å²) in [4.78, 5) is 26.6. The fraction of sp³-hybridized carbons (Fsp3) is 0.231. The molecule has 0 atom stereocenters. The minimum absolute atomic E-state index is 0.0305. The number of methoxy groups -OCH3 is 1. The Morgan fingerprint density at radius 2 is 2.00 bits per heavy atom. The molecule has 3 rings (SSSR count). The summed E-state index contributed by atoms with van der Waals surface area (Å²) in [5.74, 6) is -1.09. The Morgan fingerprint density at radius 3 is 2.59 bits per heavy atom. The van der Waals surface area contributed by atoms with Crippen LogP contribution in [0.1, 0.15) is 18.1 Å². The van der Waals surface area contributed by atoms with Crippen molar-refractivity contribution in [2.45, 2.75) is 24.8 Å². The minimum Gasteiger partial charge on any atom is -0.496 e. The van der Waals surface area contributed by atoms with Crippen molar-refractivity contribution < 1.29 is 28.0 Å². The molecule has 3 aromatic rings. The lowest BCUT2D eigenvalue weighted by Gasteiger charge is -2.07. The normalized spacial score (nSPS) is 11.1. The van der Waals surface area contributed by atoms with Gasteiger partial charge in [-0.15, -0.1) is 12.6 Å². The number of nitrogens with two attached hydrogens (primary N) is 3. The first-order valence-corrected chi connectivity index (χ1v) is 12.0. The number of anilines is 1. The van der Waals surface area contributed by atoms with Crippen LogP contribution in [0.5, 0.6) is 11.5 Å². The van der Waals surface area contributed by atoms with Crippen molar-refractivity contribution >= 4 is 47.4 Å². The molecule has 0 aliphatic heterocycles. The van der Waals surface area contributed by atoms with E-state index in [4.69, 9.17) is 31.2 Å². The van der Waals surface area contributed by atoms with E-state index >= 15 is 0 Å². The van der Waals surface area contributed by atoms with Gasteiger partial charge in [0.05, 0.1) is 13.7 Å².